The second kappa shape index (κ2) is 11.8. The number of hydrogen-bond donors (Lipinski definition) is 2. The number of benzene rings is 1. The molecule has 8 heteroatoms. The minimum absolute atomic E-state index is 0.0836. The Balaban J connectivity index is 2.24. The number of nitrogens with zero attached hydrogens (tertiary/aromatic N) is 1. The van der Waals surface area contributed by atoms with Crippen molar-refractivity contribution in [1.82, 2.24) is 10.3 Å². The minimum atomic E-state index is -0.940. The molecule has 34 heavy (non-hydrogen) atoms. The number of pyridine rings is 1. The summed E-state index contributed by atoms with van der Waals surface area (Å²) >= 11 is 0. The number of nitrogens with one attached hydrogen (secondary N) is 1. The van der Waals surface area contributed by atoms with Crippen molar-refractivity contribution < 1.29 is 28.6 Å². The van der Waals surface area contributed by atoms with E-state index in [2.05, 4.69) is 10.3 Å². The number of aryl methyl sites for hydroxylation is 1. The largest absolute Gasteiger partial charge is 0.503 e. The van der Waals surface area contributed by atoms with Crippen molar-refractivity contribution >= 4 is 11.9 Å². The lowest BCUT2D eigenvalue weighted by Gasteiger charge is -2.30. The number of carbonyl (C=O) groups is 2. The standard InChI is InChI=1S/C26H35FN2O5/c1-14(2)12-20(29-25(31)23-24(30)21(33-7)10-11-28-23)26(32)34-17(6)22(15(3)4)19-9-8-18(27)13-16(19)5/h8-11,13-15,17,20,22,30H,12H2,1-7H3,(H,29,31)/t17-,20-,22+/m0/s1. The zero-order valence-corrected chi connectivity index (χ0v) is 20.9. The van der Waals surface area contributed by atoms with E-state index in [-0.39, 0.29) is 35.0 Å². The summed E-state index contributed by atoms with van der Waals surface area (Å²) in [7, 11) is 1.37. The zero-order chi connectivity index (χ0) is 25.6. The first kappa shape index (κ1) is 27.1. The first-order chi connectivity index (χ1) is 16.0. The van der Waals surface area contributed by atoms with Crippen LogP contribution in [0.15, 0.2) is 30.5 Å². The molecule has 7 nitrogen and oxygen atoms in total. The molecule has 2 N–H and O–H groups in total. The number of esters is 1. The summed E-state index contributed by atoms with van der Waals surface area (Å²) in [5.74, 6) is -1.87. The molecule has 1 aromatic heterocycles. The van der Waals surface area contributed by atoms with Crippen LogP contribution >= 0.6 is 0 Å². The van der Waals surface area contributed by atoms with Crippen LogP contribution in [0.4, 0.5) is 4.39 Å². The van der Waals surface area contributed by atoms with Gasteiger partial charge in [0.25, 0.3) is 5.91 Å². The van der Waals surface area contributed by atoms with Gasteiger partial charge in [0.15, 0.2) is 17.2 Å². The molecular formula is C26H35FN2O5. The van der Waals surface area contributed by atoms with Gasteiger partial charge in [-0.25, -0.2) is 14.2 Å². The predicted octanol–water partition coefficient (Wildman–Crippen LogP) is 4.76. The van der Waals surface area contributed by atoms with Gasteiger partial charge < -0.3 is 19.9 Å². The van der Waals surface area contributed by atoms with Gasteiger partial charge in [0, 0.05) is 18.2 Å². The number of hydrogen-bond acceptors (Lipinski definition) is 6. The smallest absolute Gasteiger partial charge is 0.328 e. The molecule has 0 aliphatic rings. The molecule has 3 atom stereocenters. The topological polar surface area (TPSA) is 97.8 Å². The third-order valence-electron chi connectivity index (χ3n) is 5.74. The molecule has 1 amide bonds. The summed E-state index contributed by atoms with van der Waals surface area (Å²) in [6.07, 6.45) is 1.15. The van der Waals surface area contributed by atoms with Crippen LogP contribution in [0, 0.1) is 24.6 Å². The molecule has 0 unspecified atom stereocenters. The predicted molar refractivity (Wildman–Crippen MR) is 127 cm³/mol. The normalized spacial score (nSPS) is 13.9. The summed E-state index contributed by atoms with van der Waals surface area (Å²) in [6, 6.07) is 5.09. The number of carbonyl (C=O) groups excluding carboxylic acids is 2. The van der Waals surface area contributed by atoms with E-state index in [1.54, 1.807) is 13.0 Å². The Hall–Kier alpha value is -3.16. The quantitative estimate of drug-likeness (QED) is 0.482. The van der Waals surface area contributed by atoms with Gasteiger partial charge in [0.1, 0.15) is 18.0 Å². The van der Waals surface area contributed by atoms with Crippen LogP contribution in [0.1, 0.15) is 68.6 Å². The fourth-order valence-electron chi connectivity index (χ4n) is 4.19. The third-order valence-corrected chi connectivity index (χ3v) is 5.74. The number of amides is 1. The molecule has 0 saturated carbocycles. The highest BCUT2D eigenvalue weighted by Crippen LogP contribution is 2.33. The van der Waals surface area contributed by atoms with Crippen molar-refractivity contribution in [2.75, 3.05) is 7.11 Å². The van der Waals surface area contributed by atoms with Crippen LogP contribution in [0.25, 0.3) is 0 Å². The molecular weight excluding hydrogens is 439 g/mol. The molecule has 0 saturated heterocycles. The fraction of sp³-hybridized carbons (Fsp3) is 0.500. The summed E-state index contributed by atoms with van der Waals surface area (Å²) in [5.41, 5.74) is 1.45. The van der Waals surface area contributed by atoms with Crippen molar-refractivity contribution in [3.63, 3.8) is 0 Å². The Morgan fingerprint density at radius 3 is 2.38 bits per heavy atom. The highest BCUT2D eigenvalue weighted by Gasteiger charge is 2.32. The molecule has 0 aliphatic heterocycles. The molecule has 2 aromatic rings. The number of aromatic nitrogens is 1. The van der Waals surface area contributed by atoms with Gasteiger partial charge in [0.2, 0.25) is 0 Å². The number of methoxy groups -OCH3 is 1. The van der Waals surface area contributed by atoms with Crippen LogP contribution < -0.4 is 10.1 Å². The summed E-state index contributed by atoms with van der Waals surface area (Å²) in [4.78, 5) is 29.9. The van der Waals surface area contributed by atoms with Crippen LogP contribution in [0.5, 0.6) is 11.5 Å². The molecule has 0 bridgehead atoms. The van der Waals surface area contributed by atoms with Gasteiger partial charge in [-0.05, 0) is 55.4 Å². The van der Waals surface area contributed by atoms with Gasteiger partial charge >= 0.3 is 5.97 Å². The average Bonchev–Trinajstić information content (AvgIpc) is 2.74. The van der Waals surface area contributed by atoms with Crippen molar-refractivity contribution in [2.24, 2.45) is 11.8 Å². The maximum Gasteiger partial charge on any atom is 0.328 e. The van der Waals surface area contributed by atoms with E-state index in [1.165, 1.54) is 31.5 Å². The number of ether oxygens (including phenoxy) is 2. The van der Waals surface area contributed by atoms with E-state index in [1.807, 2.05) is 34.6 Å². The Morgan fingerprint density at radius 1 is 1.15 bits per heavy atom. The SMILES string of the molecule is COc1ccnc(C(=O)N[C@@H](CC(C)C)C(=O)O[C@@H](C)[C@H](c2ccc(F)cc2C)C(C)C)c1O. The van der Waals surface area contributed by atoms with Crippen molar-refractivity contribution in [1.29, 1.82) is 0 Å². The third kappa shape index (κ3) is 6.68. The lowest BCUT2D eigenvalue weighted by Crippen LogP contribution is -2.44. The average molecular weight is 475 g/mol. The number of aromatic hydroxyl groups is 1. The first-order valence-electron chi connectivity index (χ1n) is 11.5. The number of halogens is 1. The maximum absolute atomic E-state index is 13.6. The monoisotopic (exact) mass is 474 g/mol. The Kier molecular flexibility index (Phi) is 9.41. The summed E-state index contributed by atoms with van der Waals surface area (Å²) in [5, 5.41) is 12.9. The fourth-order valence-corrected chi connectivity index (χ4v) is 4.19. The van der Waals surface area contributed by atoms with Crippen LogP contribution in [-0.2, 0) is 9.53 Å². The van der Waals surface area contributed by atoms with E-state index in [0.29, 0.717) is 6.42 Å². The van der Waals surface area contributed by atoms with E-state index < -0.39 is 29.8 Å². The van der Waals surface area contributed by atoms with Crippen LogP contribution in [-0.4, -0.2) is 41.2 Å². The molecule has 0 fully saturated rings. The van der Waals surface area contributed by atoms with E-state index >= 15 is 0 Å². The van der Waals surface area contributed by atoms with Crippen molar-refractivity contribution in [3.8, 4) is 11.5 Å². The molecule has 0 radical (unpaired) electrons. The molecule has 186 valence electrons. The van der Waals surface area contributed by atoms with Crippen LogP contribution in [0.3, 0.4) is 0 Å². The van der Waals surface area contributed by atoms with Gasteiger partial charge in [0.05, 0.1) is 7.11 Å². The first-order valence-corrected chi connectivity index (χ1v) is 11.5. The Labute approximate surface area is 200 Å². The van der Waals surface area contributed by atoms with E-state index in [9.17, 15) is 19.1 Å². The van der Waals surface area contributed by atoms with Gasteiger partial charge in [-0.15, -0.1) is 0 Å². The second-order valence-electron chi connectivity index (χ2n) is 9.28. The minimum Gasteiger partial charge on any atom is -0.503 e. The molecule has 2 rings (SSSR count). The summed E-state index contributed by atoms with van der Waals surface area (Å²) in [6.45, 7) is 11.5. The lowest BCUT2D eigenvalue weighted by molar-refractivity contribution is -0.152. The molecule has 1 aromatic carbocycles. The highest BCUT2D eigenvalue weighted by molar-refractivity contribution is 5.97. The molecule has 0 aliphatic carbocycles. The van der Waals surface area contributed by atoms with Crippen molar-refractivity contribution in [2.45, 2.75) is 66.0 Å². The summed E-state index contributed by atoms with van der Waals surface area (Å²) < 4.78 is 24.5. The Bertz CT molecular complexity index is 1010. The lowest BCUT2D eigenvalue weighted by atomic mass is 9.82. The second-order valence-corrected chi connectivity index (χ2v) is 9.28. The van der Waals surface area contributed by atoms with E-state index in [0.717, 1.165) is 11.1 Å². The van der Waals surface area contributed by atoms with Gasteiger partial charge in [-0.3, -0.25) is 4.79 Å². The van der Waals surface area contributed by atoms with Crippen LogP contribution in [0.2, 0.25) is 0 Å². The van der Waals surface area contributed by atoms with E-state index in [4.69, 9.17) is 9.47 Å². The highest BCUT2D eigenvalue weighted by atomic mass is 19.1. The Morgan fingerprint density at radius 2 is 1.82 bits per heavy atom. The molecule has 0 spiro atoms. The van der Waals surface area contributed by atoms with Gasteiger partial charge in [-0.1, -0.05) is 33.8 Å². The maximum atomic E-state index is 13.6. The number of rotatable bonds is 10. The molecule has 1 heterocycles. The van der Waals surface area contributed by atoms with Crippen molar-refractivity contribution in [3.05, 3.63) is 53.1 Å². The van der Waals surface area contributed by atoms with Gasteiger partial charge in [-0.2, -0.15) is 0 Å². The zero-order valence-electron chi connectivity index (χ0n) is 20.9.